The molecule has 3 nitrogen and oxygen atoms in total. The molecule has 0 spiro atoms. The van der Waals surface area contributed by atoms with Crippen LogP contribution in [-0.4, -0.2) is 20.4 Å². The molecule has 17 heavy (non-hydrogen) atoms. The van der Waals surface area contributed by atoms with Crippen molar-refractivity contribution < 1.29 is 5.11 Å². The van der Waals surface area contributed by atoms with Gasteiger partial charge in [-0.1, -0.05) is 44.9 Å². The second kappa shape index (κ2) is 7.77. The molecule has 0 saturated heterocycles. The molecule has 0 saturated carbocycles. The summed E-state index contributed by atoms with van der Waals surface area (Å²) < 4.78 is 1.98. The van der Waals surface area contributed by atoms with Gasteiger partial charge in [0.1, 0.15) is 0 Å². The van der Waals surface area contributed by atoms with Gasteiger partial charge in [0.15, 0.2) is 5.16 Å². The fourth-order valence-electron chi connectivity index (χ4n) is 1.80. The monoisotopic (exact) mass is 256 g/mol. The number of nitrogens with zero attached hydrogens (tertiary/aromatic N) is 2. The van der Waals surface area contributed by atoms with Crippen LogP contribution in [0.3, 0.4) is 0 Å². The van der Waals surface area contributed by atoms with E-state index in [0.29, 0.717) is 0 Å². The summed E-state index contributed by atoms with van der Waals surface area (Å²) in [6, 6.07) is 0. The smallest absolute Gasteiger partial charge is 0.167 e. The van der Waals surface area contributed by atoms with Gasteiger partial charge in [0.05, 0.1) is 18.5 Å². The molecule has 1 aromatic rings. The van der Waals surface area contributed by atoms with Crippen molar-refractivity contribution in [3.63, 3.8) is 0 Å². The minimum atomic E-state index is 0.0666. The van der Waals surface area contributed by atoms with Crippen LogP contribution in [0.2, 0.25) is 0 Å². The SMILES string of the molecule is CCCCC(CC)CSc1ncc(CO)n1C. The fraction of sp³-hybridized carbons (Fsp3) is 0.769. The zero-order valence-corrected chi connectivity index (χ0v) is 12.0. The van der Waals surface area contributed by atoms with Gasteiger partial charge in [-0.3, -0.25) is 0 Å². The van der Waals surface area contributed by atoms with Crippen LogP contribution in [-0.2, 0) is 13.7 Å². The largest absolute Gasteiger partial charge is 0.390 e. The number of imidazole rings is 1. The maximum absolute atomic E-state index is 9.10. The second-order valence-corrected chi connectivity index (χ2v) is 5.46. The summed E-state index contributed by atoms with van der Waals surface area (Å²) >= 11 is 1.81. The van der Waals surface area contributed by atoms with Gasteiger partial charge in [0.25, 0.3) is 0 Å². The summed E-state index contributed by atoms with van der Waals surface area (Å²) in [5.74, 6) is 1.92. The predicted octanol–water partition coefficient (Wildman–Crippen LogP) is 3.22. The van der Waals surface area contributed by atoms with Gasteiger partial charge in [0, 0.05) is 12.8 Å². The lowest BCUT2D eigenvalue weighted by molar-refractivity contribution is 0.271. The van der Waals surface area contributed by atoms with Crippen LogP contribution in [0, 0.1) is 5.92 Å². The molecule has 0 aliphatic heterocycles. The summed E-state index contributed by atoms with van der Waals surface area (Å²) in [5.41, 5.74) is 0.883. The van der Waals surface area contributed by atoms with Gasteiger partial charge in [-0.25, -0.2) is 4.98 Å². The second-order valence-electron chi connectivity index (χ2n) is 4.48. The van der Waals surface area contributed by atoms with E-state index < -0.39 is 0 Å². The zero-order chi connectivity index (χ0) is 12.7. The molecule has 0 aromatic carbocycles. The lowest BCUT2D eigenvalue weighted by Gasteiger charge is -2.13. The van der Waals surface area contributed by atoms with Gasteiger partial charge in [0.2, 0.25) is 0 Å². The number of thioether (sulfide) groups is 1. The first-order valence-electron chi connectivity index (χ1n) is 6.47. The quantitative estimate of drug-likeness (QED) is 0.726. The Bertz CT molecular complexity index is 325. The average molecular weight is 256 g/mol. The van der Waals surface area contributed by atoms with E-state index in [9.17, 15) is 0 Å². The molecule has 1 unspecified atom stereocenters. The highest BCUT2D eigenvalue weighted by Gasteiger charge is 2.10. The van der Waals surface area contributed by atoms with Crippen molar-refractivity contribution in [3.8, 4) is 0 Å². The van der Waals surface area contributed by atoms with Crippen molar-refractivity contribution >= 4 is 11.8 Å². The number of hydrogen-bond acceptors (Lipinski definition) is 3. The Morgan fingerprint density at radius 2 is 2.24 bits per heavy atom. The number of hydrogen-bond donors (Lipinski definition) is 1. The van der Waals surface area contributed by atoms with E-state index in [1.807, 2.05) is 23.4 Å². The van der Waals surface area contributed by atoms with E-state index in [-0.39, 0.29) is 6.61 Å². The molecule has 0 radical (unpaired) electrons. The number of aromatic nitrogens is 2. The van der Waals surface area contributed by atoms with E-state index in [4.69, 9.17) is 5.11 Å². The van der Waals surface area contributed by atoms with Crippen LogP contribution >= 0.6 is 11.8 Å². The molecular weight excluding hydrogens is 232 g/mol. The van der Waals surface area contributed by atoms with Crippen molar-refractivity contribution in [2.24, 2.45) is 13.0 Å². The molecule has 0 amide bonds. The Kier molecular flexibility index (Phi) is 6.66. The van der Waals surface area contributed by atoms with Gasteiger partial charge >= 0.3 is 0 Å². The fourth-order valence-corrected chi connectivity index (χ4v) is 3.02. The number of rotatable bonds is 8. The minimum Gasteiger partial charge on any atom is -0.390 e. The Morgan fingerprint density at radius 3 is 2.76 bits per heavy atom. The molecular formula is C13H24N2OS. The van der Waals surface area contributed by atoms with Crippen LogP contribution in [0.25, 0.3) is 0 Å². The first-order valence-corrected chi connectivity index (χ1v) is 7.45. The van der Waals surface area contributed by atoms with E-state index in [1.54, 1.807) is 6.20 Å². The van der Waals surface area contributed by atoms with Crippen molar-refractivity contribution in [2.75, 3.05) is 5.75 Å². The van der Waals surface area contributed by atoms with Gasteiger partial charge in [-0.05, 0) is 12.3 Å². The third-order valence-corrected chi connectivity index (χ3v) is 4.47. The Hall–Kier alpha value is -0.480. The molecule has 1 rings (SSSR count). The topological polar surface area (TPSA) is 38.1 Å². The van der Waals surface area contributed by atoms with Crippen LogP contribution in [0.15, 0.2) is 11.4 Å². The van der Waals surface area contributed by atoms with Crippen LogP contribution in [0.5, 0.6) is 0 Å². The summed E-state index contributed by atoms with van der Waals surface area (Å²) in [4.78, 5) is 4.34. The molecule has 1 atom stereocenters. The van der Waals surface area contributed by atoms with E-state index in [0.717, 1.165) is 22.5 Å². The molecule has 98 valence electrons. The van der Waals surface area contributed by atoms with Gasteiger partial charge in [-0.2, -0.15) is 0 Å². The third kappa shape index (κ3) is 4.36. The normalized spacial score (nSPS) is 12.9. The van der Waals surface area contributed by atoms with E-state index >= 15 is 0 Å². The standard InChI is InChI=1S/C13H24N2OS/c1-4-6-7-11(5-2)10-17-13-14-8-12(9-16)15(13)3/h8,11,16H,4-7,9-10H2,1-3H3. The van der Waals surface area contributed by atoms with Gasteiger partial charge < -0.3 is 9.67 Å². The minimum absolute atomic E-state index is 0.0666. The number of unbranched alkanes of at least 4 members (excludes halogenated alkanes) is 1. The van der Waals surface area contributed by atoms with Crippen molar-refractivity contribution in [1.29, 1.82) is 0 Å². The van der Waals surface area contributed by atoms with E-state index in [1.165, 1.54) is 25.7 Å². The summed E-state index contributed by atoms with van der Waals surface area (Å²) in [7, 11) is 1.97. The molecule has 0 aliphatic rings. The maximum Gasteiger partial charge on any atom is 0.167 e. The first kappa shape index (κ1) is 14.6. The average Bonchev–Trinajstić information content (AvgIpc) is 2.70. The Morgan fingerprint density at radius 1 is 1.47 bits per heavy atom. The van der Waals surface area contributed by atoms with Crippen molar-refractivity contribution in [2.45, 2.75) is 51.3 Å². The lowest BCUT2D eigenvalue weighted by Crippen LogP contribution is -2.04. The Labute approximate surface area is 109 Å². The lowest BCUT2D eigenvalue weighted by atomic mass is 10.0. The molecule has 4 heteroatoms. The summed E-state index contributed by atoms with van der Waals surface area (Å²) in [6.45, 7) is 4.57. The molecule has 0 bridgehead atoms. The van der Waals surface area contributed by atoms with Crippen LogP contribution < -0.4 is 0 Å². The highest BCUT2D eigenvalue weighted by molar-refractivity contribution is 7.99. The number of aliphatic hydroxyl groups is 1. The van der Waals surface area contributed by atoms with Crippen molar-refractivity contribution in [3.05, 3.63) is 11.9 Å². The highest BCUT2D eigenvalue weighted by atomic mass is 32.2. The van der Waals surface area contributed by atoms with Crippen molar-refractivity contribution in [1.82, 2.24) is 9.55 Å². The maximum atomic E-state index is 9.10. The van der Waals surface area contributed by atoms with Gasteiger partial charge in [-0.15, -0.1) is 0 Å². The molecule has 0 aliphatic carbocycles. The predicted molar refractivity (Wildman–Crippen MR) is 73.2 cm³/mol. The molecule has 0 fully saturated rings. The zero-order valence-electron chi connectivity index (χ0n) is 11.1. The third-order valence-electron chi connectivity index (χ3n) is 3.20. The highest BCUT2D eigenvalue weighted by Crippen LogP contribution is 2.24. The Balaban J connectivity index is 2.45. The summed E-state index contributed by atoms with van der Waals surface area (Å²) in [5, 5.41) is 10.1. The molecule has 1 heterocycles. The first-order chi connectivity index (χ1) is 8.22. The molecule has 1 aromatic heterocycles. The van der Waals surface area contributed by atoms with Crippen LogP contribution in [0.4, 0.5) is 0 Å². The number of aliphatic hydroxyl groups excluding tert-OH is 1. The van der Waals surface area contributed by atoms with Crippen LogP contribution in [0.1, 0.15) is 45.2 Å². The van der Waals surface area contributed by atoms with E-state index in [2.05, 4.69) is 18.8 Å². The summed E-state index contributed by atoms with van der Waals surface area (Å²) in [6.07, 6.45) is 6.91. The molecule has 1 N–H and O–H groups in total.